The summed E-state index contributed by atoms with van der Waals surface area (Å²) in [6.07, 6.45) is 1.33. The van der Waals surface area contributed by atoms with Gasteiger partial charge >= 0.3 is 0 Å². The van der Waals surface area contributed by atoms with Crippen molar-refractivity contribution in [1.82, 2.24) is 4.98 Å². The molecule has 7 heteroatoms. The van der Waals surface area contributed by atoms with E-state index in [9.17, 15) is 8.42 Å². The summed E-state index contributed by atoms with van der Waals surface area (Å²) in [6, 6.07) is 11.2. The molecule has 0 amide bonds. The normalized spacial score (nSPS) is 10.7. The maximum absolute atomic E-state index is 12.1. The number of nitrogens with one attached hydrogen (secondary N) is 1. The molecule has 1 aromatic heterocycles. The lowest BCUT2D eigenvalue weighted by atomic mass is 10.2. The first-order valence-corrected chi connectivity index (χ1v) is 6.75. The Morgan fingerprint density at radius 1 is 1.21 bits per heavy atom. The van der Waals surface area contributed by atoms with E-state index in [1.165, 1.54) is 30.5 Å². The Kier molecular flexibility index (Phi) is 3.35. The molecule has 0 aliphatic carbocycles. The van der Waals surface area contributed by atoms with Crippen molar-refractivity contribution >= 4 is 21.4 Å². The number of hydrogen-bond acceptors (Lipinski definition) is 5. The zero-order chi connectivity index (χ0) is 13.9. The Hall–Kier alpha value is -2.59. The minimum absolute atomic E-state index is 0.0458. The van der Waals surface area contributed by atoms with Gasteiger partial charge in [-0.1, -0.05) is 12.1 Å². The van der Waals surface area contributed by atoms with Crippen molar-refractivity contribution in [3.8, 4) is 6.07 Å². The zero-order valence-electron chi connectivity index (χ0n) is 9.74. The Balaban J connectivity index is 2.44. The van der Waals surface area contributed by atoms with Crippen LogP contribution in [0.3, 0.4) is 0 Å². The number of nitrogens with two attached hydrogens (primary N) is 1. The number of aromatic nitrogens is 1. The van der Waals surface area contributed by atoms with Gasteiger partial charge in [0.05, 0.1) is 16.9 Å². The third-order valence-electron chi connectivity index (χ3n) is 2.35. The van der Waals surface area contributed by atoms with Crippen LogP contribution in [0.25, 0.3) is 0 Å². The van der Waals surface area contributed by atoms with Gasteiger partial charge in [-0.15, -0.1) is 0 Å². The molecule has 0 spiro atoms. The quantitative estimate of drug-likeness (QED) is 0.877. The standard InChI is InChI=1S/C12H10N4O2S/c13-8-9-4-1-2-6-11(9)16-19(17,18)12-10(14)5-3-7-15-12/h1-7,16H,14H2. The molecule has 0 saturated heterocycles. The van der Waals surface area contributed by atoms with Crippen LogP contribution in [-0.4, -0.2) is 13.4 Å². The van der Waals surface area contributed by atoms with Crippen LogP contribution in [0.5, 0.6) is 0 Å². The highest BCUT2D eigenvalue weighted by atomic mass is 32.2. The smallest absolute Gasteiger partial charge is 0.281 e. The summed E-state index contributed by atoms with van der Waals surface area (Å²) in [5.74, 6) is 0. The van der Waals surface area contributed by atoms with Crippen molar-refractivity contribution in [2.24, 2.45) is 0 Å². The SMILES string of the molecule is N#Cc1ccccc1NS(=O)(=O)c1ncccc1N. The van der Waals surface area contributed by atoms with Crippen molar-refractivity contribution < 1.29 is 8.42 Å². The Labute approximate surface area is 110 Å². The fraction of sp³-hybridized carbons (Fsp3) is 0. The van der Waals surface area contributed by atoms with Crippen molar-refractivity contribution in [2.75, 3.05) is 10.5 Å². The van der Waals surface area contributed by atoms with E-state index in [0.717, 1.165) is 0 Å². The van der Waals surface area contributed by atoms with Crippen LogP contribution in [0, 0.1) is 11.3 Å². The van der Waals surface area contributed by atoms with Gasteiger partial charge in [0.1, 0.15) is 6.07 Å². The van der Waals surface area contributed by atoms with Gasteiger partial charge in [-0.3, -0.25) is 4.72 Å². The van der Waals surface area contributed by atoms with Crippen LogP contribution in [0.2, 0.25) is 0 Å². The number of rotatable bonds is 3. The molecule has 1 aromatic carbocycles. The molecule has 2 rings (SSSR count). The number of sulfonamides is 1. The number of pyridine rings is 1. The Morgan fingerprint density at radius 3 is 2.63 bits per heavy atom. The van der Waals surface area contributed by atoms with Crippen LogP contribution in [0.15, 0.2) is 47.6 Å². The van der Waals surface area contributed by atoms with Crippen molar-refractivity contribution in [3.63, 3.8) is 0 Å². The van der Waals surface area contributed by atoms with Gasteiger partial charge in [-0.05, 0) is 24.3 Å². The lowest BCUT2D eigenvalue weighted by Crippen LogP contribution is -2.16. The first-order valence-electron chi connectivity index (χ1n) is 5.27. The summed E-state index contributed by atoms with van der Waals surface area (Å²) in [6.45, 7) is 0. The summed E-state index contributed by atoms with van der Waals surface area (Å²) >= 11 is 0. The molecule has 0 aliphatic heterocycles. The van der Waals surface area contributed by atoms with Crippen LogP contribution in [0.4, 0.5) is 11.4 Å². The second kappa shape index (κ2) is 4.96. The summed E-state index contributed by atoms with van der Waals surface area (Å²) in [5, 5.41) is 8.65. The van der Waals surface area contributed by atoms with E-state index in [2.05, 4.69) is 9.71 Å². The average molecular weight is 274 g/mol. The van der Waals surface area contributed by atoms with E-state index < -0.39 is 10.0 Å². The molecular formula is C12H10N4O2S. The second-order valence-corrected chi connectivity index (χ2v) is 5.26. The van der Waals surface area contributed by atoms with E-state index in [4.69, 9.17) is 11.0 Å². The van der Waals surface area contributed by atoms with Crippen molar-refractivity contribution in [3.05, 3.63) is 48.2 Å². The largest absolute Gasteiger partial charge is 0.396 e. The number of anilines is 2. The van der Waals surface area contributed by atoms with E-state index in [1.54, 1.807) is 12.1 Å². The molecule has 0 fully saturated rings. The lowest BCUT2D eigenvalue weighted by molar-refractivity contribution is 0.598. The third kappa shape index (κ3) is 2.64. The Morgan fingerprint density at radius 2 is 1.95 bits per heavy atom. The monoisotopic (exact) mass is 274 g/mol. The molecular weight excluding hydrogens is 264 g/mol. The molecule has 96 valence electrons. The summed E-state index contributed by atoms with van der Waals surface area (Å²) in [4.78, 5) is 3.74. The first-order chi connectivity index (χ1) is 9.04. The molecule has 2 aromatic rings. The zero-order valence-corrected chi connectivity index (χ0v) is 10.6. The molecule has 19 heavy (non-hydrogen) atoms. The fourth-order valence-corrected chi connectivity index (χ4v) is 2.63. The molecule has 1 heterocycles. The van der Waals surface area contributed by atoms with Crippen molar-refractivity contribution in [2.45, 2.75) is 5.03 Å². The summed E-state index contributed by atoms with van der Waals surface area (Å²) in [7, 11) is -3.91. The van der Waals surface area contributed by atoms with E-state index >= 15 is 0 Å². The van der Waals surface area contributed by atoms with Gasteiger partial charge in [0.25, 0.3) is 10.0 Å². The lowest BCUT2D eigenvalue weighted by Gasteiger charge is -2.09. The minimum atomic E-state index is -3.91. The molecule has 3 N–H and O–H groups in total. The van der Waals surface area contributed by atoms with Crippen LogP contribution < -0.4 is 10.5 Å². The predicted molar refractivity (Wildman–Crippen MR) is 70.6 cm³/mol. The topological polar surface area (TPSA) is 109 Å². The highest BCUT2D eigenvalue weighted by Gasteiger charge is 2.19. The van der Waals surface area contributed by atoms with Crippen molar-refractivity contribution in [1.29, 1.82) is 5.26 Å². The predicted octanol–water partition coefficient (Wildman–Crippen LogP) is 1.34. The van der Waals surface area contributed by atoms with E-state index in [0.29, 0.717) is 0 Å². The molecule has 0 saturated carbocycles. The van der Waals surface area contributed by atoms with Gasteiger partial charge in [0.2, 0.25) is 0 Å². The first kappa shape index (κ1) is 12.9. The van der Waals surface area contributed by atoms with Crippen LogP contribution in [-0.2, 0) is 10.0 Å². The third-order valence-corrected chi connectivity index (χ3v) is 3.69. The number of nitriles is 1. The molecule has 0 bridgehead atoms. The number of para-hydroxylation sites is 1. The van der Waals surface area contributed by atoms with Gasteiger partial charge < -0.3 is 5.73 Å². The Bertz CT molecular complexity index is 750. The van der Waals surface area contributed by atoms with Gasteiger partial charge in [-0.25, -0.2) is 4.98 Å². The van der Waals surface area contributed by atoms with Gasteiger partial charge in [-0.2, -0.15) is 13.7 Å². The molecule has 6 nitrogen and oxygen atoms in total. The second-order valence-electron chi connectivity index (χ2n) is 3.66. The van der Waals surface area contributed by atoms with E-state index in [1.807, 2.05) is 6.07 Å². The summed E-state index contributed by atoms with van der Waals surface area (Å²) < 4.78 is 26.6. The number of nitrogen functional groups attached to an aromatic ring is 1. The maximum atomic E-state index is 12.1. The molecule has 0 aliphatic rings. The van der Waals surface area contributed by atoms with E-state index in [-0.39, 0.29) is 22.0 Å². The average Bonchev–Trinajstić information content (AvgIpc) is 2.39. The number of benzene rings is 1. The molecule has 0 atom stereocenters. The van der Waals surface area contributed by atoms with Crippen LogP contribution in [0.1, 0.15) is 5.56 Å². The fourth-order valence-electron chi connectivity index (χ4n) is 1.49. The van der Waals surface area contributed by atoms with Gasteiger partial charge in [0.15, 0.2) is 5.03 Å². The summed E-state index contributed by atoms with van der Waals surface area (Å²) in [5.41, 5.74) is 6.04. The number of hydrogen-bond donors (Lipinski definition) is 2. The highest BCUT2D eigenvalue weighted by Crippen LogP contribution is 2.21. The highest BCUT2D eigenvalue weighted by molar-refractivity contribution is 7.92. The van der Waals surface area contributed by atoms with Gasteiger partial charge in [0, 0.05) is 6.20 Å². The molecule has 0 radical (unpaired) electrons. The maximum Gasteiger partial charge on any atom is 0.281 e. The number of nitrogens with zero attached hydrogens (tertiary/aromatic N) is 2. The minimum Gasteiger partial charge on any atom is -0.396 e. The molecule has 0 unspecified atom stereocenters. The van der Waals surface area contributed by atoms with Crippen LogP contribution >= 0.6 is 0 Å².